The fourth-order valence-electron chi connectivity index (χ4n) is 2.49. The molecule has 0 aliphatic heterocycles. The minimum Gasteiger partial charge on any atom is -0.494 e. The number of benzene rings is 2. The van der Waals surface area contributed by atoms with Crippen molar-refractivity contribution in [2.24, 2.45) is 5.73 Å². The summed E-state index contributed by atoms with van der Waals surface area (Å²) in [6, 6.07) is 10.2. The van der Waals surface area contributed by atoms with Gasteiger partial charge in [0.05, 0.1) is 17.6 Å². The van der Waals surface area contributed by atoms with E-state index in [1.807, 2.05) is 45.0 Å². The Bertz CT molecular complexity index is 698. The molecule has 0 bridgehead atoms. The number of hydrogen-bond donors (Lipinski definition) is 1. The molecule has 0 amide bonds. The van der Waals surface area contributed by atoms with Gasteiger partial charge in [-0.05, 0) is 43.5 Å². The van der Waals surface area contributed by atoms with Crippen LogP contribution in [0.25, 0.3) is 0 Å². The van der Waals surface area contributed by atoms with Gasteiger partial charge in [0.15, 0.2) is 0 Å². The second kappa shape index (κ2) is 6.58. The fraction of sp³-hybridized carbons (Fsp3) is 0.294. The van der Waals surface area contributed by atoms with Crippen molar-refractivity contribution >= 4 is 5.69 Å². The number of ether oxygens (including phenoxy) is 1. The molecule has 2 aromatic carbocycles. The Morgan fingerprint density at radius 2 is 1.91 bits per heavy atom. The van der Waals surface area contributed by atoms with E-state index in [1.165, 1.54) is 0 Å². The van der Waals surface area contributed by atoms with Crippen molar-refractivity contribution in [1.82, 2.24) is 0 Å². The number of aryl methyl sites for hydroxylation is 1. The van der Waals surface area contributed by atoms with Crippen LogP contribution in [-0.4, -0.2) is 11.5 Å². The van der Waals surface area contributed by atoms with E-state index in [0.29, 0.717) is 12.4 Å². The lowest BCUT2D eigenvalue weighted by Gasteiger charge is -2.19. The van der Waals surface area contributed by atoms with Crippen molar-refractivity contribution < 1.29 is 9.66 Å². The highest BCUT2D eigenvalue weighted by Gasteiger charge is 2.20. The maximum atomic E-state index is 11.1. The average Bonchev–Trinajstić information content (AvgIpc) is 2.50. The lowest BCUT2D eigenvalue weighted by molar-refractivity contribution is -0.385. The predicted molar refractivity (Wildman–Crippen MR) is 86.2 cm³/mol. The first kappa shape index (κ1) is 16.0. The monoisotopic (exact) mass is 300 g/mol. The summed E-state index contributed by atoms with van der Waals surface area (Å²) in [5.74, 6) is 0.709. The average molecular weight is 300 g/mol. The van der Waals surface area contributed by atoms with Crippen molar-refractivity contribution in [2.75, 3.05) is 6.61 Å². The molecule has 0 heterocycles. The van der Waals surface area contributed by atoms with Crippen LogP contribution in [0.15, 0.2) is 36.4 Å². The van der Waals surface area contributed by atoms with E-state index in [2.05, 4.69) is 0 Å². The third-order valence-electron chi connectivity index (χ3n) is 3.79. The lowest BCUT2D eigenvalue weighted by Crippen LogP contribution is -2.15. The molecule has 0 spiro atoms. The Morgan fingerprint density at radius 1 is 1.23 bits per heavy atom. The molecule has 0 radical (unpaired) electrons. The van der Waals surface area contributed by atoms with Gasteiger partial charge in [0, 0.05) is 17.7 Å². The molecule has 0 saturated heterocycles. The molecule has 0 aromatic heterocycles. The van der Waals surface area contributed by atoms with Gasteiger partial charge in [0.2, 0.25) is 0 Å². The molecule has 0 aliphatic rings. The zero-order valence-corrected chi connectivity index (χ0v) is 13.0. The summed E-state index contributed by atoms with van der Waals surface area (Å²) in [6.07, 6.45) is 0. The Morgan fingerprint density at radius 3 is 2.55 bits per heavy atom. The van der Waals surface area contributed by atoms with E-state index in [9.17, 15) is 10.1 Å². The van der Waals surface area contributed by atoms with Crippen LogP contribution in [0.2, 0.25) is 0 Å². The number of nitro groups is 1. The van der Waals surface area contributed by atoms with Gasteiger partial charge in [0.25, 0.3) is 5.69 Å². The van der Waals surface area contributed by atoms with Crippen molar-refractivity contribution in [1.29, 1.82) is 0 Å². The van der Waals surface area contributed by atoms with Gasteiger partial charge in [-0.2, -0.15) is 0 Å². The molecule has 0 aliphatic carbocycles. The van der Waals surface area contributed by atoms with Crippen LogP contribution in [0.1, 0.15) is 35.2 Å². The van der Waals surface area contributed by atoms with Crippen molar-refractivity contribution in [3.05, 3.63) is 68.8 Å². The first-order valence-corrected chi connectivity index (χ1v) is 7.18. The molecule has 5 heteroatoms. The number of nitro benzene ring substituents is 1. The van der Waals surface area contributed by atoms with Crippen molar-refractivity contribution in [3.63, 3.8) is 0 Å². The van der Waals surface area contributed by atoms with Gasteiger partial charge in [-0.25, -0.2) is 0 Å². The quantitative estimate of drug-likeness (QED) is 0.675. The molecular formula is C17H20N2O3. The van der Waals surface area contributed by atoms with Gasteiger partial charge in [0.1, 0.15) is 5.75 Å². The van der Waals surface area contributed by atoms with E-state index < -0.39 is 11.0 Å². The summed E-state index contributed by atoms with van der Waals surface area (Å²) in [4.78, 5) is 10.7. The topological polar surface area (TPSA) is 78.4 Å². The molecule has 2 aromatic rings. The summed E-state index contributed by atoms with van der Waals surface area (Å²) in [5.41, 5.74) is 9.83. The highest BCUT2D eigenvalue weighted by Crippen LogP contribution is 2.33. The van der Waals surface area contributed by atoms with Gasteiger partial charge in [-0.15, -0.1) is 0 Å². The molecule has 5 nitrogen and oxygen atoms in total. The smallest absolute Gasteiger partial charge is 0.270 e. The first-order valence-electron chi connectivity index (χ1n) is 7.18. The van der Waals surface area contributed by atoms with E-state index in [-0.39, 0.29) is 5.69 Å². The zero-order chi connectivity index (χ0) is 16.3. The Kier molecular flexibility index (Phi) is 4.78. The van der Waals surface area contributed by atoms with E-state index in [4.69, 9.17) is 10.5 Å². The molecular weight excluding hydrogens is 280 g/mol. The Balaban J connectivity index is 2.54. The second-order valence-corrected chi connectivity index (χ2v) is 5.18. The highest BCUT2D eigenvalue weighted by molar-refractivity contribution is 5.50. The van der Waals surface area contributed by atoms with Gasteiger partial charge < -0.3 is 10.5 Å². The van der Waals surface area contributed by atoms with Gasteiger partial charge in [-0.1, -0.05) is 18.2 Å². The van der Waals surface area contributed by atoms with Crippen LogP contribution in [0.3, 0.4) is 0 Å². The predicted octanol–water partition coefficient (Wildman–Crippen LogP) is 3.66. The van der Waals surface area contributed by atoms with E-state index in [0.717, 1.165) is 22.3 Å². The van der Waals surface area contributed by atoms with Crippen LogP contribution < -0.4 is 10.5 Å². The minimum atomic E-state index is -0.471. The van der Waals surface area contributed by atoms with Crippen LogP contribution in [-0.2, 0) is 0 Å². The maximum absolute atomic E-state index is 11.1. The molecule has 2 rings (SSSR count). The van der Waals surface area contributed by atoms with Crippen LogP contribution in [0, 0.1) is 24.0 Å². The van der Waals surface area contributed by atoms with Gasteiger partial charge in [-0.3, -0.25) is 10.1 Å². The van der Waals surface area contributed by atoms with Crippen LogP contribution >= 0.6 is 0 Å². The highest BCUT2D eigenvalue weighted by atomic mass is 16.6. The number of rotatable bonds is 5. The standard InChI is InChI=1S/C17H20N2O3/c1-4-22-16-8-6-5-7-14(16)17(18)15-10-13(19(20)21)9-11(2)12(15)3/h5-10,17H,4,18H2,1-3H3. The normalized spacial score (nSPS) is 12.0. The zero-order valence-electron chi connectivity index (χ0n) is 13.0. The number of non-ortho nitro benzene ring substituents is 1. The van der Waals surface area contributed by atoms with Gasteiger partial charge >= 0.3 is 0 Å². The lowest BCUT2D eigenvalue weighted by atomic mass is 9.92. The third-order valence-corrected chi connectivity index (χ3v) is 3.79. The summed E-state index contributed by atoms with van der Waals surface area (Å²) < 4.78 is 5.61. The molecule has 22 heavy (non-hydrogen) atoms. The summed E-state index contributed by atoms with van der Waals surface area (Å²) >= 11 is 0. The molecule has 0 fully saturated rings. The number of nitrogens with two attached hydrogens (primary N) is 1. The van der Waals surface area contributed by atoms with E-state index >= 15 is 0 Å². The van der Waals surface area contributed by atoms with Crippen LogP contribution in [0.5, 0.6) is 5.75 Å². The molecule has 0 saturated carbocycles. The number of nitrogens with zero attached hydrogens (tertiary/aromatic N) is 1. The van der Waals surface area contributed by atoms with Crippen molar-refractivity contribution in [3.8, 4) is 5.75 Å². The van der Waals surface area contributed by atoms with Crippen LogP contribution in [0.4, 0.5) is 5.69 Å². The molecule has 2 N–H and O–H groups in total. The maximum Gasteiger partial charge on any atom is 0.270 e. The Labute approximate surface area is 129 Å². The van der Waals surface area contributed by atoms with Crippen molar-refractivity contribution in [2.45, 2.75) is 26.8 Å². The SMILES string of the molecule is CCOc1ccccc1C(N)c1cc([N+](=O)[O-])cc(C)c1C. The molecule has 1 atom stereocenters. The second-order valence-electron chi connectivity index (χ2n) is 5.18. The number of hydrogen-bond acceptors (Lipinski definition) is 4. The fourth-order valence-corrected chi connectivity index (χ4v) is 2.49. The Hall–Kier alpha value is -2.40. The largest absolute Gasteiger partial charge is 0.494 e. The summed E-state index contributed by atoms with van der Waals surface area (Å²) in [7, 11) is 0. The molecule has 1 unspecified atom stereocenters. The molecule has 116 valence electrons. The first-order chi connectivity index (χ1) is 10.5. The third kappa shape index (κ3) is 3.09. The summed E-state index contributed by atoms with van der Waals surface area (Å²) in [6.45, 7) is 6.23. The van der Waals surface area contributed by atoms with E-state index in [1.54, 1.807) is 12.1 Å². The minimum absolute atomic E-state index is 0.0578. The summed E-state index contributed by atoms with van der Waals surface area (Å²) in [5, 5.41) is 11.1. The number of para-hydroxylation sites is 1.